The number of likely N-dealkylation sites (tertiary alicyclic amines) is 1. The first-order valence-corrected chi connectivity index (χ1v) is 11.8. The van der Waals surface area contributed by atoms with E-state index in [1.807, 2.05) is 19.1 Å². The molecule has 182 valence electrons. The average Bonchev–Trinajstić information content (AvgIpc) is 3.39. The number of ketones is 1. The predicted molar refractivity (Wildman–Crippen MR) is 134 cm³/mol. The van der Waals surface area contributed by atoms with Crippen molar-refractivity contribution in [2.75, 3.05) is 6.61 Å². The zero-order chi connectivity index (χ0) is 25.2. The Hall–Kier alpha value is -4.39. The molecular formula is C29H26N2O5. The van der Waals surface area contributed by atoms with E-state index in [0.717, 1.165) is 16.9 Å². The maximum Gasteiger partial charge on any atom is 0.295 e. The molecule has 7 heteroatoms. The lowest BCUT2D eigenvalue weighted by Crippen LogP contribution is -2.29. The number of amides is 1. The van der Waals surface area contributed by atoms with Crippen LogP contribution in [0.25, 0.3) is 5.76 Å². The van der Waals surface area contributed by atoms with Crippen LogP contribution in [0.1, 0.15) is 35.2 Å². The van der Waals surface area contributed by atoms with Gasteiger partial charge in [-0.25, -0.2) is 0 Å². The second kappa shape index (κ2) is 9.70. The summed E-state index contributed by atoms with van der Waals surface area (Å²) in [7, 11) is 0. The maximum atomic E-state index is 13.3. The number of hydrogen-bond donors (Lipinski definition) is 1. The number of aliphatic hydroxyl groups is 1. The first-order chi connectivity index (χ1) is 17.5. The van der Waals surface area contributed by atoms with E-state index >= 15 is 0 Å². The molecule has 5 rings (SSSR count). The Morgan fingerprint density at radius 2 is 2.03 bits per heavy atom. The molecule has 1 saturated heterocycles. The average molecular weight is 483 g/mol. The molecule has 2 atom stereocenters. The summed E-state index contributed by atoms with van der Waals surface area (Å²) in [5, 5.41) is 11.4. The highest BCUT2D eigenvalue weighted by atomic mass is 16.5. The number of carbonyl (C=O) groups is 2. The van der Waals surface area contributed by atoms with Gasteiger partial charge in [0.25, 0.3) is 11.7 Å². The maximum absolute atomic E-state index is 13.3. The molecule has 0 spiro atoms. The van der Waals surface area contributed by atoms with Crippen LogP contribution in [0, 0.1) is 0 Å². The highest BCUT2D eigenvalue weighted by Gasteiger charge is 2.46. The van der Waals surface area contributed by atoms with E-state index in [1.165, 1.54) is 4.90 Å². The molecule has 1 fully saturated rings. The summed E-state index contributed by atoms with van der Waals surface area (Å²) < 4.78 is 11.4. The van der Waals surface area contributed by atoms with Crippen molar-refractivity contribution in [1.29, 1.82) is 0 Å². The minimum absolute atomic E-state index is 0.0456. The first-order valence-electron chi connectivity index (χ1n) is 11.8. The van der Waals surface area contributed by atoms with E-state index in [9.17, 15) is 14.7 Å². The van der Waals surface area contributed by atoms with Crippen molar-refractivity contribution in [1.82, 2.24) is 9.88 Å². The van der Waals surface area contributed by atoms with Crippen LogP contribution >= 0.6 is 0 Å². The van der Waals surface area contributed by atoms with Gasteiger partial charge in [0.2, 0.25) is 0 Å². The molecule has 3 aromatic rings. The predicted octanol–water partition coefficient (Wildman–Crippen LogP) is 4.59. The number of hydrogen-bond acceptors (Lipinski definition) is 6. The van der Waals surface area contributed by atoms with Gasteiger partial charge in [-0.3, -0.25) is 14.6 Å². The highest BCUT2D eigenvalue weighted by Crippen LogP contribution is 2.41. The number of ether oxygens (including phenoxy) is 2. The molecule has 0 bridgehead atoms. The highest BCUT2D eigenvalue weighted by molar-refractivity contribution is 6.46. The molecule has 1 N–H and O–H groups in total. The minimum atomic E-state index is -0.776. The van der Waals surface area contributed by atoms with Crippen LogP contribution in [0.5, 0.6) is 11.5 Å². The summed E-state index contributed by atoms with van der Waals surface area (Å²) in [4.78, 5) is 32.2. The quantitative estimate of drug-likeness (QED) is 0.229. The molecular weight excluding hydrogens is 456 g/mol. The Morgan fingerprint density at radius 1 is 1.22 bits per heavy atom. The van der Waals surface area contributed by atoms with Gasteiger partial charge in [-0.05, 0) is 60.0 Å². The third-order valence-corrected chi connectivity index (χ3v) is 6.35. The summed E-state index contributed by atoms with van der Waals surface area (Å²) in [6, 6.07) is 15.3. The molecule has 2 aromatic carbocycles. The third-order valence-electron chi connectivity index (χ3n) is 6.35. The number of carbonyl (C=O) groups excluding carboxylic acids is 2. The van der Waals surface area contributed by atoms with E-state index in [2.05, 4.69) is 11.6 Å². The summed E-state index contributed by atoms with van der Waals surface area (Å²) in [6.45, 7) is 6.16. The van der Waals surface area contributed by atoms with Crippen LogP contribution in [0.4, 0.5) is 0 Å². The smallest absolute Gasteiger partial charge is 0.295 e. The fourth-order valence-corrected chi connectivity index (χ4v) is 4.70. The second-order valence-corrected chi connectivity index (χ2v) is 8.91. The van der Waals surface area contributed by atoms with E-state index in [0.29, 0.717) is 29.9 Å². The fourth-order valence-electron chi connectivity index (χ4n) is 4.70. The summed E-state index contributed by atoms with van der Waals surface area (Å²) >= 11 is 0. The van der Waals surface area contributed by atoms with Crippen LogP contribution in [0.15, 0.2) is 85.2 Å². The number of Topliss-reactive ketones (excluding diaryl/α,β-unsaturated/α-hetero) is 1. The lowest BCUT2D eigenvalue weighted by molar-refractivity contribution is -0.140. The summed E-state index contributed by atoms with van der Waals surface area (Å²) in [6.07, 6.45) is 5.71. The van der Waals surface area contributed by atoms with Crippen LogP contribution in [0.2, 0.25) is 0 Å². The minimum Gasteiger partial charge on any atom is -0.507 e. The van der Waals surface area contributed by atoms with E-state index in [1.54, 1.807) is 60.9 Å². The molecule has 3 heterocycles. The third kappa shape index (κ3) is 4.35. The van der Waals surface area contributed by atoms with Crippen molar-refractivity contribution >= 4 is 17.4 Å². The van der Waals surface area contributed by atoms with Crippen LogP contribution in [-0.2, 0) is 22.6 Å². The molecule has 0 aliphatic carbocycles. The number of benzene rings is 2. The van der Waals surface area contributed by atoms with Gasteiger partial charge in [-0.15, -0.1) is 0 Å². The standard InChI is InChI=1S/C29H26N2O5/c1-3-13-35-23-9-6-20(7-10-23)26-25(27(32)21-8-11-24-22(15-21)14-18(2)36-24)28(33)29(34)31(26)17-19-5-4-12-30-16-19/h3-12,15-16,18,26,32H,1,13-14,17H2,2H3. The van der Waals surface area contributed by atoms with E-state index in [4.69, 9.17) is 9.47 Å². The van der Waals surface area contributed by atoms with Crippen molar-refractivity contribution < 1.29 is 24.2 Å². The van der Waals surface area contributed by atoms with Gasteiger partial charge in [0.1, 0.15) is 30.0 Å². The Labute approximate surface area is 209 Å². The fraction of sp³-hybridized carbons (Fsp3) is 0.207. The zero-order valence-electron chi connectivity index (χ0n) is 19.9. The van der Waals surface area contributed by atoms with Gasteiger partial charge < -0.3 is 19.5 Å². The Balaban J connectivity index is 1.59. The number of rotatable bonds is 7. The zero-order valence-corrected chi connectivity index (χ0v) is 19.9. The van der Waals surface area contributed by atoms with Crippen molar-refractivity contribution in [3.63, 3.8) is 0 Å². The molecule has 1 amide bonds. The number of aliphatic hydroxyl groups excluding tert-OH is 1. The van der Waals surface area contributed by atoms with Crippen LogP contribution in [0.3, 0.4) is 0 Å². The molecule has 2 aliphatic heterocycles. The second-order valence-electron chi connectivity index (χ2n) is 8.91. The summed E-state index contributed by atoms with van der Waals surface area (Å²) in [5.74, 6) is -0.200. The van der Waals surface area contributed by atoms with Gasteiger partial charge in [0.05, 0.1) is 11.6 Å². The number of fused-ring (bicyclic) bond motifs is 1. The lowest BCUT2D eigenvalue weighted by atomic mass is 9.94. The summed E-state index contributed by atoms with van der Waals surface area (Å²) in [5.41, 5.74) is 2.94. The molecule has 7 nitrogen and oxygen atoms in total. The number of pyridine rings is 1. The Bertz CT molecular complexity index is 1350. The normalized spacial score (nSPS) is 20.2. The van der Waals surface area contributed by atoms with Crippen LogP contribution < -0.4 is 9.47 Å². The molecule has 2 aliphatic rings. The Kier molecular flexibility index (Phi) is 6.29. The largest absolute Gasteiger partial charge is 0.507 e. The number of aromatic nitrogens is 1. The van der Waals surface area contributed by atoms with E-state index < -0.39 is 17.7 Å². The van der Waals surface area contributed by atoms with E-state index in [-0.39, 0.29) is 24.0 Å². The molecule has 1 aromatic heterocycles. The van der Waals surface area contributed by atoms with Crippen molar-refractivity contribution in [2.24, 2.45) is 0 Å². The SMILES string of the molecule is C=CCOc1ccc(C2C(=C(O)c3ccc4c(c3)CC(C)O4)C(=O)C(=O)N2Cc2cccnc2)cc1. The van der Waals surface area contributed by atoms with Gasteiger partial charge in [-0.1, -0.05) is 30.9 Å². The molecule has 36 heavy (non-hydrogen) atoms. The topological polar surface area (TPSA) is 89.0 Å². The van der Waals surface area contributed by atoms with Gasteiger partial charge in [0, 0.05) is 30.9 Å². The van der Waals surface area contributed by atoms with Gasteiger partial charge >= 0.3 is 0 Å². The van der Waals surface area contributed by atoms with Crippen molar-refractivity contribution in [3.05, 3.63) is 107 Å². The molecule has 0 radical (unpaired) electrons. The first kappa shape index (κ1) is 23.4. The monoisotopic (exact) mass is 482 g/mol. The molecule has 0 saturated carbocycles. The van der Waals surface area contributed by atoms with Gasteiger partial charge in [0.15, 0.2) is 0 Å². The van der Waals surface area contributed by atoms with Crippen molar-refractivity contribution in [3.8, 4) is 11.5 Å². The van der Waals surface area contributed by atoms with Crippen molar-refractivity contribution in [2.45, 2.75) is 32.0 Å². The van der Waals surface area contributed by atoms with Gasteiger partial charge in [-0.2, -0.15) is 0 Å². The lowest BCUT2D eigenvalue weighted by Gasteiger charge is -2.25. The van der Waals surface area contributed by atoms with Crippen LogP contribution in [-0.4, -0.2) is 39.4 Å². The Morgan fingerprint density at radius 3 is 2.75 bits per heavy atom. The molecule has 2 unspecified atom stereocenters. The number of nitrogens with zero attached hydrogens (tertiary/aromatic N) is 2.